The molecule has 0 spiro atoms. The summed E-state index contributed by atoms with van der Waals surface area (Å²) < 4.78 is 0. The molecule has 2 aromatic rings. The Kier molecular flexibility index (Phi) is 4.29. The van der Waals surface area contributed by atoms with E-state index in [0.717, 1.165) is 48.5 Å². The summed E-state index contributed by atoms with van der Waals surface area (Å²) in [6, 6.07) is 5.70. The van der Waals surface area contributed by atoms with Crippen molar-refractivity contribution in [3.8, 4) is 0 Å². The number of carbonyl (C=O) groups is 1. The van der Waals surface area contributed by atoms with Gasteiger partial charge in [0.15, 0.2) is 0 Å². The van der Waals surface area contributed by atoms with E-state index in [9.17, 15) is 9.59 Å². The summed E-state index contributed by atoms with van der Waals surface area (Å²) in [7, 11) is 0. The van der Waals surface area contributed by atoms with Gasteiger partial charge >= 0.3 is 0 Å². The van der Waals surface area contributed by atoms with Crippen molar-refractivity contribution in [3.05, 3.63) is 58.0 Å². The van der Waals surface area contributed by atoms with Gasteiger partial charge in [-0.05, 0) is 68.4 Å². The molecule has 1 amide bonds. The van der Waals surface area contributed by atoms with Gasteiger partial charge in [0, 0.05) is 36.5 Å². The maximum absolute atomic E-state index is 12.6. The zero-order valence-corrected chi connectivity index (χ0v) is 16.0. The van der Waals surface area contributed by atoms with E-state index < -0.39 is 0 Å². The minimum atomic E-state index is -0.373. The molecule has 6 heteroatoms. The van der Waals surface area contributed by atoms with E-state index in [2.05, 4.69) is 20.3 Å². The lowest BCUT2D eigenvalue weighted by atomic mass is 9.49. The zero-order valence-electron chi connectivity index (χ0n) is 16.0. The van der Waals surface area contributed by atoms with Gasteiger partial charge in [-0.25, -0.2) is 4.98 Å². The largest absolute Gasteiger partial charge is 0.351 e. The Labute approximate surface area is 164 Å². The maximum Gasteiger partial charge on any atom is 0.263 e. The number of amides is 1. The van der Waals surface area contributed by atoms with Crippen LogP contribution < -0.4 is 10.9 Å². The molecule has 0 unspecified atom stereocenters. The molecule has 0 saturated heterocycles. The fourth-order valence-electron chi connectivity index (χ4n) is 6.17. The van der Waals surface area contributed by atoms with Crippen LogP contribution in [0.5, 0.6) is 0 Å². The number of nitrogens with zero attached hydrogens (tertiary/aromatic N) is 2. The smallest absolute Gasteiger partial charge is 0.263 e. The van der Waals surface area contributed by atoms with Crippen LogP contribution in [0.4, 0.5) is 0 Å². The average molecular weight is 378 g/mol. The summed E-state index contributed by atoms with van der Waals surface area (Å²) in [5.74, 6) is 2.78. The lowest BCUT2D eigenvalue weighted by Crippen LogP contribution is -2.50. The summed E-state index contributed by atoms with van der Waals surface area (Å²) in [5.41, 5.74) is 0.708. The van der Waals surface area contributed by atoms with Gasteiger partial charge < -0.3 is 10.3 Å². The molecule has 0 atom stereocenters. The number of hydrogen-bond donors (Lipinski definition) is 2. The number of rotatable bonds is 5. The number of pyridine rings is 1. The standard InChI is InChI=1S/C22H26N4O2/c27-19(24-6-4-17-3-1-2-5-23-17)18-13-25-21(26-20(18)28)22-10-14-7-15(11-22)9-16(8-14)12-22/h1-3,5,13-16H,4,6-12H2,(H,24,27)(H,25,26,28). The van der Waals surface area contributed by atoms with Gasteiger partial charge in [-0.3, -0.25) is 14.6 Å². The van der Waals surface area contributed by atoms with Crippen molar-refractivity contribution in [3.63, 3.8) is 0 Å². The van der Waals surface area contributed by atoms with Crippen LogP contribution in [0.3, 0.4) is 0 Å². The van der Waals surface area contributed by atoms with Crippen molar-refractivity contribution >= 4 is 5.91 Å². The van der Waals surface area contributed by atoms with E-state index >= 15 is 0 Å². The fourth-order valence-corrected chi connectivity index (χ4v) is 6.17. The molecule has 4 bridgehead atoms. The topological polar surface area (TPSA) is 87.7 Å². The predicted octanol–water partition coefficient (Wildman–Crippen LogP) is 2.61. The van der Waals surface area contributed by atoms with E-state index in [1.54, 1.807) is 6.20 Å². The highest BCUT2D eigenvalue weighted by Crippen LogP contribution is 2.59. The summed E-state index contributed by atoms with van der Waals surface area (Å²) >= 11 is 0. The number of aromatic nitrogens is 3. The van der Waals surface area contributed by atoms with Crippen LogP contribution in [0.1, 0.15) is 60.4 Å². The van der Waals surface area contributed by atoms with Crippen LogP contribution >= 0.6 is 0 Å². The molecular weight excluding hydrogens is 352 g/mol. The lowest BCUT2D eigenvalue weighted by Gasteiger charge is -2.56. The van der Waals surface area contributed by atoms with Crippen molar-refractivity contribution in [2.45, 2.75) is 50.4 Å². The molecule has 4 aliphatic rings. The van der Waals surface area contributed by atoms with Crippen molar-refractivity contribution in [2.75, 3.05) is 6.54 Å². The Bertz CT molecular complexity index is 902. The van der Waals surface area contributed by atoms with E-state index in [1.165, 1.54) is 25.5 Å². The van der Waals surface area contributed by atoms with Crippen LogP contribution in [0, 0.1) is 17.8 Å². The van der Waals surface area contributed by atoms with Crippen molar-refractivity contribution in [1.82, 2.24) is 20.3 Å². The molecule has 2 aromatic heterocycles. The number of H-pyrrole nitrogens is 1. The summed E-state index contributed by atoms with van der Waals surface area (Å²) in [4.78, 5) is 36.9. The third-order valence-electron chi connectivity index (χ3n) is 6.98. The molecule has 2 heterocycles. The second kappa shape index (κ2) is 6.83. The molecule has 0 aromatic carbocycles. The normalized spacial score (nSPS) is 30.4. The molecule has 4 aliphatic carbocycles. The lowest BCUT2D eigenvalue weighted by molar-refractivity contribution is -0.00953. The Morgan fingerprint density at radius 3 is 2.43 bits per heavy atom. The molecule has 4 fully saturated rings. The highest BCUT2D eigenvalue weighted by atomic mass is 16.2. The zero-order chi connectivity index (χ0) is 19.1. The fraction of sp³-hybridized carbons (Fsp3) is 0.545. The Morgan fingerprint density at radius 2 is 1.82 bits per heavy atom. The van der Waals surface area contributed by atoms with E-state index in [0.29, 0.717) is 13.0 Å². The summed E-state index contributed by atoms with van der Waals surface area (Å²) in [6.07, 6.45) is 11.3. The summed E-state index contributed by atoms with van der Waals surface area (Å²) in [6.45, 7) is 0.437. The van der Waals surface area contributed by atoms with Gasteiger partial charge in [-0.15, -0.1) is 0 Å². The highest BCUT2D eigenvalue weighted by molar-refractivity contribution is 5.93. The number of carbonyl (C=O) groups excluding carboxylic acids is 1. The SMILES string of the molecule is O=C(NCCc1ccccn1)c1cnc(C23CC4CC(CC(C4)C2)C3)[nH]c1=O. The van der Waals surface area contributed by atoms with E-state index in [1.807, 2.05) is 18.2 Å². The first-order valence-corrected chi connectivity index (χ1v) is 10.4. The minimum Gasteiger partial charge on any atom is -0.351 e. The van der Waals surface area contributed by atoms with Gasteiger partial charge in [0.25, 0.3) is 11.5 Å². The van der Waals surface area contributed by atoms with Crippen LogP contribution in [0.2, 0.25) is 0 Å². The maximum atomic E-state index is 12.6. The monoisotopic (exact) mass is 378 g/mol. The molecule has 6 nitrogen and oxygen atoms in total. The minimum absolute atomic E-state index is 0.0297. The first-order chi connectivity index (χ1) is 13.6. The van der Waals surface area contributed by atoms with Gasteiger partial charge in [0.05, 0.1) is 0 Å². The average Bonchev–Trinajstić information content (AvgIpc) is 2.67. The van der Waals surface area contributed by atoms with Gasteiger partial charge in [-0.1, -0.05) is 6.07 Å². The summed E-state index contributed by atoms with van der Waals surface area (Å²) in [5, 5.41) is 2.80. The molecular formula is C22H26N4O2. The van der Waals surface area contributed by atoms with Crippen LogP contribution in [0.25, 0.3) is 0 Å². The third kappa shape index (κ3) is 3.15. The molecule has 4 saturated carbocycles. The van der Waals surface area contributed by atoms with Gasteiger partial charge in [-0.2, -0.15) is 0 Å². The third-order valence-corrected chi connectivity index (χ3v) is 6.98. The number of aromatic amines is 1. The molecule has 28 heavy (non-hydrogen) atoms. The Balaban J connectivity index is 1.29. The molecule has 0 aliphatic heterocycles. The number of hydrogen-bond acceptors (Lipinski definition) is 4. The van der Waals surface area contributed by atoms with Crippen LogP contribution in [-0.2, 0) is 11.8 Å². The second-order valence-corrected chi connectivity index (χ2v) is 9.00. The van der Waals surface area contributed by atoms with E-state index in [-0.39, 0.29) is 22.4 Å². The van der Waals surface area contributed by atoms with Crippen molar-refractivity contribution in [2.24, 2.45) is 17.8 Å². The first kappa shape index (κ1) is 17.6. The second-order valence-electron chi connectivity index (χ2n) is 9.00. The van der Waals surface area contributed by atoms with Gasteiger partial charge in [0.2, 0.25) is 0 Å². The highest BCUT2D eigenvalue weighted by Gasteiger charge is 2.52. The quantitative estimate of drug-likeness (QED) is 0.837. The van der Waals surface area contributed by atoms with Crippen LogP contribution in [-0.4, -0.2) is 27.4 Å². The number of nitrogens with one attached hydrogen (secondary N) is 2. The van der Waals surface area contributed by atoms with E-state index in [4.69, 9.17) is 0 Å². The van der Waals surface area contributed by atoms with Crippen molar-refractivity contribution < 1.29 is 4.79 Å². The molecule has 6 rings (SSSR count). The molecule has 2 N–H and O–H groups in total. The predicted molar refractivity (Wildman–Crippen MR) is 105 cm³/mol. The first-order valence-electron chi connectivity index (χ1n) is 10.4. The Hall–Kier alpha value is -2.50. The Morgan fingerprint density at radius 1 is 1.11 bits per heavy atom. The van der Waals surface area contributed by atoms with Gasteiger partial charge in [0.1, 0.15) is 11.4 Å². The molecule has 0 radical (unpaired) electrons. The molecule has 146 valence electrons. The van der Waals surface area contributed by atoms with Crippen LogP contribution in [0.15, 0.2) is 35.4 Å². The van der Waals surface area contributed by atoms with Crippen molar-refractivity contribution in [1.29, 1.82) is 0 Å².